The highest BCUT2D eigenvalue weighted by Crippen LogP contribution is 2.35. The van der Waals surface area contributed by atoms with Crippen LogP contribution in [-0.2, 0) is 9.59 Å². The Kier molecular flexibility index (Phi) is 23.1. The Morgan fingerprint density at radius 3 is 1.25 bits per heavy atom. The third-order valence-electron chi connectivity index (χ3n) is 5.56. The van der Waals surface area contributed by atoms with Gasteiger partial charge in [-0.15, -0.1) is 0 Å². The SMILES string of the molecule is CCN(CC)CCCNC1N=C(N(C)C)SS1.CCN(CC)CCCNC1N=C(N(C)C)SS1.O=C(O)C(=O)O. The Bertz CT molecular complexity index is 707. The van der Waals surface area contributed by atoms with Crippen LogP contribution in [0.15, 0.2) is 9.98 Å². The molecule has 2 atom stereocenters. The Morgan fingerprint density at radius 2 is 1.02 bits per heavy atom. The molecule has 0 aromatic carbocycles. The van der Waals surface area contributed by atoms with Gasteiger partial charge in [0.05, 0.1) is 0 Å². The maximum absolute atomic E-state index is 9.10. The van der Waals surface area contributed by atoms with Gasteiger partial charge in [-0.25, -0.2) is 19.6 Å². The summed E-state index contributed by atoms with van der Waals surface area (Å²) in [5.41, 5.74) is 0.461. The molecule has 0 spiro atoms. The topological polar surface area (TPSA) is 136 Å². The number of nitrogens with one attached hydrogen (secondary N) is 2. The molecule has 2 rings (SSSR count). The van der Waals surface area contributed by atoms with Crippen molar-refractivity contribution in [3.05, 3.63) is 0 Å². The quantitative estimate of drug-likeness (QED) is 0.126. The van der Waals surface area contributed by atoms with Crippen LogP contribution in [0, 0.1) is 0 Å². The number of carbonyl (C=O) groups is 2. The van der Waals surface area contributed by atoms with Crippen molar-refractivity contribution in [3.8, 4) is 0 Å². The van der Waals surface area contributed by atoms with Gasteiger partial charge >= 0.3 is 11.9 Å². The van der Waals surface area contributed by atoms with E-state index in [9.17, 15) is 0 Å². The third-order valence-corrected chi connectivity index (χ3v) is 10.5. The lowest BCUT2D eigenvalue weighted by molar-refractivity contribution is -0.159. The van der Waals surface area contributed by atoms with E-state index in [0.717, 1.165) is 49.6 Å². The fourth-order valence-electron chi connectivity index (χ4n) is 3.14. The van der Waals surface area contributed by atoms with E-state index < -0.39 is 11.9 Å². The largest absolute Gasteiger partial charge is 0.473 e. The Hall–Kier alpha value is -0.880. The van der Waals surface area contributed by atoms with Crippen molar-refractivity contribution in [1.82, 2.24) is 30.2 Å². The molecule has 0 fully saturated rings. The van der Waals surface area contributed by atoms with E-state index in [4.69, 9.17) is 19.8 Å². The number of amidine groups is 2. The summed E-state index contributed by atoms with van der Waals surface area (Å²) in [6, 6.07) is 0. The van der Waals surface area contributed by atoms with Crippen molar-refractivity contribution in [1.29, 1.82) is 0 Å². The molecule has 0 aromatic rings. The molecule has 0 saturated carbocycles. The monoisotopic (exact) mass is 642 g/mol. The van der Waals surface area contributed by atoms with E-state index in [-0.39, 0.29) is 11.0 Å². The van der Waals surface area contributed by atoms with Gasteiger partial charge in [0.25, 0.3) is 0 Å². The van der Waals surface area contributed by atoms with Crippen LogP contribution in [0.1, 0.15) is 40.5 Å². The van der Waals surface area contributed by atoms with Crippen molar-refractivity contribution < 1.29 is 19.8 Å². The van der Waals surface area contributed by atoms with Gasteiger partial charge in [0.1, 0.15) is 0 Å². The first-order valence-electron chi connectivity index (χ1n) is 13.5. The van der Waals surface area contributed by atoms with E-state index in [2.05, 4.69) is 67.9 Å². The summed E-state index contributed by atoms with van der Waals surface area (Å²) in [7, 11) is 15.2. The first-order chi connectivity index (χ1) is 19.0. The standard InChI is InChI=1S/2C11H24N4S2.C2H2O4/c2*1-5-15(6-2)9-7-8-12-10-13-11(14(3)4)17-16-10;3-1(4)2(5)6/h2*10,12H,5-9H2,1-4H3;(H,3,4)(H,5,6). The second-order valence-corrected chi connectivity index (χ2v) is 13.5. The number of aliphatic carboxylic acids is 2. The van der Waals surface area contributed by atoms with Crippen molar-refractivity contribution in [3.63, 3.8) is 0 Å². The average molecular weight is 643 g/mol. The molecular formula is C24H50N8O4S4. The van der Waals surface area contributed by atoms with E-state index in [1.807, 2.05) is 28.2 Å². The molecule has 40 heavy (non-hydrogen) atoms. The molecule has 2 aliphatic heterocycles. The fraction of sp³-hybridized carbons (Fsp3) is 0.833. The number of rotatable bonds is 14. The zero-order valence-electron chi connectivity index (χ0n) is 25.3. The summed E-state index contributed by atoms with van der Waals surface area (Å²) in [5.74, 6) is -3.65. The lowest BCUT2D eigenvalue weighted by Gasteiger charge is -2.18. The summed E-state index contributed by atoms with van der Waals surface area (Å²) in [6.45, 7) is 17.9. The summed E-state index contributed by atoms with van der Waals surface area (Å²) >= 11 is 0. The Labute approximate surface area is 256 Å². The molecule has 2 unspecified atom stereocenters. The van der Waals surface area contributed by atoms with Crippen molar-refractivity contribution in [2.24, 2.45) is 9.98 Å². The van der Waals surface area contributed by atoms with Crippen LogP contribution in [0.25, 0.3) is 0 Å². The summed E-state index contributed by atoms with van der Waals surface area (Å²) in [4.78, 5) is 36.4. The molecule has 0 aromatic heterocycles. The molecule has 16 heteroatoms. The second-order valence-electron chi connectivity index (χ2n) is 8.96. The van der Waals surface area contributed by atoms with Crippen molar-refractivity contribution in [2.75, 3.05) is 80.5 Å². The normalized spacial score (nSPS) is 17.9. The summed E-state index contributed by atoms with van der Waals surface area (Å²) in [6.07, 6.45) is 2.38. The molecule has 2 heterocycles. The highest BCUT2D eigenvalue weighted by atomic mass is 33.1. The van der Waals surface area contributed by atoms with Crippen LogP contribution in [-0.4, -0.2) is 144 Å². The number of hydrogen-bond donors (Lipinski definition) is 4. The molecule has 0 bridgehead atoms. The summed E-state index contributed by atoms with van der Waals surface area (Å²) < 4.78 is 0. The number of hydrogen-bond acceptors (Lipinski definition) is 14. The third kappa shape index (κ3) is 18.5. The van der Waals surface area contributed by atoms with Crippen molar-refractivity contribution >= 4 is 65.4 Å². The van der Waals surface area contributed by atoms with Gasteiger partial charge in [0.15, 0.2) is 21.3 Å². The van der Waals surface area contributed by atoms with E-state index in [1.54, 1.807) is 43.2 Å². The Balaban J connectivity index is 0.000000634. The van der Waals surface area contributed by atoms with Crippen molar-refractivity contribution in [2.45, 2.75) is 51.5 Å². The first-order valence-corrected chi connectivity index (χ1v) is 18.0. The fourth-order valence-corrected chi connectivity index (χ4v) is 7.76. The second kappa shape index (κ2) is 23.7. The number of carboxylic acid groups (broad SMARTS) is 2. The zero-order chi connectivity index (χ0) is 30.5. The van der Waals surface area contributed by atoms with Crippen LogP contribution < -0.4 is 10.6 Å². The minimum Gasteiger partial charge on any atom is -0.473 e. The van der Waals surface area contributed by atoms with Crippen LogP contribution in [0.3, 0.4) is 0 Å². The highest BCUT2D eigenvalue weighted by molar-refractivity contribution is 8.83. The van der Waals surface area contributed by atoms with Gasteiger partial charge in [0.2, 0.25) is 0 Å². The predicted molar refractivity (Wildman–Crippen MR) is 176 cm³/mol. The molecule has 12 nitrogen and oxygen atoms in total. The molecule has 0 saturated heterocycles. The minimum absolute atomic E-state index is 0.231. The van der Waals surface area contributed by atoms with Gasteiger partial charge in [-0.05, 0) is 108 Å². The van der Waals surface area contributed by atoms with Crippen LogP contribution in [0.4, 0.5) is 0 Å². The highest BCUT2D eigenvalue weighted by Gasteiger charge is 2.20. The van der Waals surface area contributed by atoms with E-state index in [0.29, 0.717) is 0 Å². The molecule has 4 N–H and O–H groups in total. The van der Waals surface area contributed by atoms with Gasteiger partial charge in [0, 0.05) is 28.2 Å². The smallest absolute Gasteiger partial charge is 0.414 e. The molecular weight excluding hydrogens is 593 g/mol. The number of nitrogens with zero attached hydrogens (tertiary/aromatic N) is 6. The molecule has 2 aliphatic rings. The summed E-state index contributed by atoms with van der Waals surface area (Å²) in [5, 5.41) is 23.9. The lowest BCUT2D eigenvalue weighted by Crippen LogP contribution is -2.29. The Morgan fingerprint density at radius 1 is 0.700 bits per heavy atom. The van der Waals surface area contributed by atoms with Gasteiger partial charge in [-0.1, -0.05) is 27.7 Å². The predicted octanol–water partition coefficient (Wildman–Crippen LogP) is 2.96. The maximum atomic E-state index is 9.10. The first kappa shape index (κ1) is 39.1. The van der Waals surface area contributed by atoms with Crippen LogP contribution in [0.5, 0.6) is 0 Å². The molecule has 234 valence electrons. The maximum Gasteiger partial charge on any atom is 0.414 e. The van der Waals surface area contributed by atoms with Gasteiger partial charge in [-0.3, -0.25) is 10.6 Å². The van der Waals surface area contributed by atoms with Crippen LogP contribution in [0.2, 0.25) is 0 Å². The number of aliphatic imine (C=N–C) groups is 2. The van der Waals surface area contributed by atoms with E-state index in [1.165, 1.54) is 25.9 Å². The minimum atomic E-state index is -1.82. The lowest BCUT2D eigenvalue weighted by atomic mass is 10.3. The molecule has 0 amide bonds. The van der Waals surface area contributed by atoms with Crippen LogP contribution >= 0.6 is 43.2 Å². The average Bonchev–Trinajstić information content (AvgIpc) is 3.60. The number of carboxylic acids is 2. The molecule has 0 radical (unpaired) electrons. The zero-order valence-corrected chi connectivity index (χ0v) is 28.5. The van der Waals surface area contributed by atoms with Gasteiger partial charge in [-0.2, -0.15) is 0 Å². The van der Waals surface area contributed by atoms with E-state index >= 15 is 0 Å². The van der Waals surface area contributed by atoms with Gasteiger partial charge < -0.3 is 29.8 Å². The molecule has 0 aliphatic carbocycles.